The summed E-state index contributed by atoms with van der Waals surface area (Å²) in [7, 11) is 0. The summed E-state index contributed by atoms with van der Waals surface area (Å²) in [6.45, 7) is 0. The molecule has 3 fully saturated rings. The first-order valence-corrected chi connectivity index (χ1v) is 7.07. The van der Waals surface area contributed by atoms with Crippen LogP contribution in [0.5, 0.6) is 0 Å². The highest BCUT2D eigenvalue weighted by Gasteiger charge is 2.66. The molecule has 0 aliphatic heterocycles. The van der Waals surface area contributed by atoms with Crippen LogP contribution < -0.4 is 0 Å². The van der Waals surface area contributed by atoms with Crippen molar-refractivity contribution in [2.24, 2.45) is 23.7 Å². The Kier molecular flexibility index (Phi) is 1.65. The molecule has 4 atom stereocenters. The minimum Gasteiger partial charge on any atom is -0.266 e. The lowest BCUT2D eigenvalue weighted by Crippen LogP contribution is -2.02. The van der Waals surface area contributed by atoms with Crippen molar-refractivity contribution in [2.45, 2.75) is 25.2 Å². The number of aromatic nitrogens is 4. The summed E-state index contributed by atoms with van der Waals surface area (Å²) >= 11 is 6.24. The van der Waals surface area contributed by atoms with Gasteiger partial charge in [-0.15, -0.1) is 10.2 Å². The van der Waals surface area contributed by atoms with E-state index >= 15 is 0 Å². The standard InChI is InChI=1S/C13H13ClN4/c14-8-4-15-5-9-16-17-13(18(8)9)12-10-6-1-2-7(3-6)11(10)12/h4-7,10-12H,1-3H2. The minimum atomic E-state index is 0.603. The van der Waals surface area contributed by atoms with Crippen molar-refractivity contribution in [2.75, 3.05) is 0 Å². The molecule has 5 rings (SSSR count). The fourth-order valence-corrected chi connectivity index (χ4v) is 4.95. The van der Waals surface area contributed by atoms with Gasteiger partial charge in [-0.3, -0.25) is 9.38 Å². The lowest BCUT2D eigenvalue weighted by Gasteiger charge is -2.07. The first kappa shape index (κ1) is 9.73. The highest BCUT2D eigenvalue weighted by Crippen LogP contribution is 2.72. The smallest absolute Gasteiger partial charge is 0.180 e. The Morgan fingerprint density at radius 2 is 1.89 bits per heavy atom. The van der Waals surface area contributed by atoms with E-state index in [1.54, 1.807) is 12.4 Å². The largest absolute Gasteiger partial charge is 0.266 e. The molecule has 2 bridgehead atoms. The molecule has 2 heterocycles. The maximum absolute atomic E-state index is 6.24. The zero-order valence-electron chi connectivity index (χ0n) is 9.83. The number of nitrogens with zero attached hydrogens (tertiary/aromatic N) is 4. The Labute approximate surface area is 109 Å². The first-order chi connectivity index (χ1) is 8.84. The second-order valence-electron chi connectivity index (χ2n) is 6.00. The van der Waals surface area contributed by atoms with E-state index in [0.717, 1.165) is 35.1 Å². The number of hydrogen-bond acceptors (Lipinski definition) is 3. The number of halogens is 1. The van der Waals surface area contributed by atoms with Crippen LogP contribution >= 0.6 is 11.6 Å². The van der Waals surface area contributed by atoms with Crippen molar-refractivity contribution in [3.05, 3.63) is 23.4 Å². The van der Waals surface area contributed by atoms with Crippen molar-refractivity contribution in [1.29, 1.82) is 0 Å². The Hall–Kier alpha value is -1.16. The molecule has 0 amide bonds. The van der Waals surface area contributed by atoms with E-state index in [4.69, 9.17) is 11.6 Å². The number of hydrogen-bond donors (Lipinski definition) is 0. The molecule has 4 nitrogen and oxygen atoms in total. The van der Waals surface area contributed by atoms with E-state index in [2.05, 4.69) is 15.2 Å². The van der Waals surface area contributed by atoms with E-state index in [9.17, 15) is 0 Å². The van der Waals surface area contributed by atoms with Gasteiger partial charge in [0.05, 0.1) is 12.4 Å². The summed E-state index contributed by atoms with van der Waals surface area (Å²) in [4.78, 5) is 4.06. The van der Waals surface area contributed by atoms with Crippen LogP contribution in [0.4, 0.5) is 0 Å². The lowest BCUT2D eigenvalue weighted by molar-refractivity contribution is 0.456. The van der Waals surface area contributed by atoms with Crippen LogP contribution in [0.2, 0.25) is 5.15 Å². The second-order valence-corrected chi connectivity index (χ2v) is 6.38. The monoisotopic (exact) mass is 260 g/mol. The molecule has 4 unspecified atom stereocenters. The number of rotatable bonds is 1. The molecule has 18 heavy (non-hydrogen) atoms. The predicted octanol–water partition coefficient (Wildman–Crippen LogP) is 2.54. The van der Waals surface area contributed by atoms with Gasteiger partial charge in [0, 0.05) is 5.92 Å². The molecular formula is C13H13ClN4. The van der Waals surface area contributed by atoms with E-state index in [0.29, 0.717) is 11.1 Å². The van der Waals surface area contributed by atoms with E-state index in [-0.39, 0.29) is 0 Å². The third-order valence-electron chi connectivity index (χ3n) is 5.33. The zero-order valence-corrected chi connectivity index (χ0v) is 10.6. The molecule has 3 aliphatic carbocycles. The first-order valence-electron chi connectivity index (χ1n) is 6.69. The van der Waals surface area contributed by atoms with Gasteiger partial charge in [-0.2, -0.15) is 0 Å². The van der Waals surface area contributed by atoms with Crippen LogP contribution in [0.15, 0.2) is 12.4 Å². The normalized spacial score (nSPS) is 40.4. The average Bonchev–Trinajstić information content (AvgIpc) is 2.78. The number of fused-ring (bicyclic) bond motifs is 6. The molecule has 0 N–H and O–H groups in total. The molecular weight excluding hydrogens is 248 g/mol. The quantitative estimate of drug-likeness (QED) is 0.791. The summed E-state index contributed by atoms with van der Waals surface area (Å²) in [6, 6.07) is 0. The molecule has 0 aromatic carbocycles. The fourth-order valence-electron chi connectivity index (χ4n) is 4.72. The molecule has 2 aromatic rings. The summed E-state index contributed by atoms with van der Waals surface area (Å²) in [5.74, 6) is 5.28. The van der Waals surface area contributed by atoms with Crippen LogP contribution in [-0.4, -0.2) is 19.6 Å². The van der Waals surface area contributed by atoms with Crippen LogP contribution in [0.25, 0.3) is 5.65 Å². The van der Waals surface area contributed by atoms with Crippen molar-refractivity contribution in [3.63, 3.8) is 0 Å². The predicted molar refractivity (Wildman–Crippen MR) is 66.3 cm³/mol. The minimum absolute atomic E-state index is 0.603. The molecule has 5 heteroatoms. The maximum Gasteiger partial charge on any atom is 0.180 e. The highest BCUT2D eigenvalue weighted by atomic mass is 35.5. The van der Waals surface area contributed by atoms with Gasteiger partial charge in [-0.25, -0.2) is 0 Å². The second kappa shape index (κ2) is 3.05. The Morgan fingerprint density at radius 3 is 2.67 bits per heavy atom. The van der Waals surface area contributed by atoms with E-state index in [1.807, 2.05) is 4.40 Å². The Balaban J connectivity index is 1.65. The molecule has 2 aromatic heterocycles. The summed E-state index contributed by atoms with van der Waals surface area (Å²) in [5, 5.41) is 9.22. The van der Waals surface area contributed by atoms with Gasteiger partial charge < -0.3 is 0 Å². The van der Waals surface area contributed by atoms with Crippen LogP contribution in [0.1, 0.15) is 31.0 Å². The third-order valence-corrected chi connectivity index (χ3v) is 5.60. The summed E-state index contributed by atoms with van der Waals surface area (Å²) < 4.78 is 1.98. The summed E-state index contributed by atoms with van der Waals surface area (Å²) in [6.07, 6.45) is 7.71. The lowest BCUT2D eigenvalue weighted by atomic mass is 10.0. The van der Waals surface area contributed by atoms with Crippen molar-refractivity contribution >= 4 is 17.2 Å². The fraction of sp³-hybridized carbons (Fsp3) is 0.615. The van der Waals surface area contributed by atoms with Gasteiger partial charge in [0.25, 0.3) is 0 Å². The van der Waals surface area contributed by atoms with Crippen LogP contribution in [0.3, 0.4) is 0 Å². The van der Waals surface area contributed by atoms with Crippen molar-refractivity contribution < 1.29 is 0 Å². The van der Waals surface area contributed by atoms with Crippen molar-refractivity contribution in [3.8, 4) is 0 Å². The molecule has 0 saturated heterocycles. The van der Waals surface area contributed by atoms with E-state index < -0.39 is 0 Å². The third kappa shape index (κ3) is 1.02. The highest BCUT2D eigenvalue weighted by molar-refractivity contribution is 6.29. The molecule has 3 aliphatic rings. The van der Waals surface area contributed by atoms with Crippen molar-refractivity contribution in [1.82, 2.24) is 19.6 Å². The van der Waals surface area contributed by atoms with Gasteiger partial charge in [-0.1, -0.05) is 11.6 Å². The maximum atomic E-state index is 6.24. The molecule has 0 spiro atoms. The van der Waals surface area contributed by atoms with Gasteiger partial charge in [-0.05, 0) is 42.9 Å². The van der Waals surface area contributed by atoms with Gasteiger partial charge in [0.1, 0.15) is 11.0 Å². The molecule has 92 valence electrons. The Bertz CT molecular complexity index is 635. The topological polar surface area (TPSA) is 43.1 Å². The SMILES string of the molecule is Clc1cncc2nnc(C3C4C5CCC(C5)C34)n12. The van der Waals surface area contributed by atoms with Gasteiger partial charge in [0.15, 0.2) is 5.65 Å². The van der Waals surface area contributed by atoms with Crippen LogP contribution in [0, 0.1) is 23.7 Å². The molecule has 0 radical (unpaired) electrons. The average molecular weight is 261 g/mol. The van der Waals surface area contributed by atoms with Gasteiger partial charge >= 0.3 is 0 Å². The van der Waals surface area contributed by atoms with Gasteiger partial charge in [0.2, 0.25) is 0 Å². The van der Waals surface area contributed by atoms with E-state index in [1.165, 1.54) is 19.3 Å². The zero-order chi connectivity index (χ0) is 11.9. The van der Waals surface area contributed by atoms with Crippen LogP contribution in [-0.2, 0) is 0 Å². The molecule has 3 saturated carbocycles. The summed E-state index contributed by atoms with van der Waals surface area (Å²) in [5.41, 5.74) is 0.773. The Morgan fingerprint density at radius 1 is 1.11 bits per heavy atom.